The van der Waals surface area contributed by atoms with Crippen molar-refractivity contribution in [3.8, 4) is 0 Å². The van der Waals surface area contributed by atoms with Crippen molar-refractivity contribution in [3.63, 3.8) is 0 Å². The first-order chi connectivity index (χ1) is 8.16. The molecule has 3 nitrogen and oxygen atoms in total. The second kappa shape index (κ2) is 5.38. The summed E-state index contributed by atoms with van der Waals surface area (Å²) in [5.74, 6) is -0.447. The van der Waals surface area contributed by atoms with Crippen LogP contribution in [0.2, 0.25) is 10.0 Å². The third kappa shape index (κ3) is 3.11. The lowest BCUT2D eigenvalue weighted by Crippen LogP contribution is -2.11. The minimum absolute atomic E-state index is 0.274. The number of benzene rings is 1. The Kier molecular flexibility index (Phi) is 3.86. The fourth-order valence-corrected chi connectivity index (χ4v) is 2.03. The van der Waals surface area contributed by atoms with Gasteiger partial charge in [0.05, 0.1) is 22.3 Å². The number of hydrogen-bond acceptors (Lipinski definition) is 2. The monoisotopic (exact) mass is 273 g/mol. The third-order valence-electron chi connectivity index (χ3n) is 2.21. The summed E-state index contributed by atoms with van der Waals surface area (Å²) in [4.78, 5) is 0. The summed E-state index contributed by atoms with van der Waals surface area (Å²) in [5, 5.41) is 7.66. The predicted octanol–water partition coefficient (Wildman–Crippen LogP) is 3.44. The molecule has 6 heteroatoms. The van der Waals surface area contributed by atoms with Gasteiger partial charge in [-0.2, -0.15) is 5.10 Å². The van der Waals surface area contributed by atoms with Gasteiger partial charge in [0.15, 0.2) is 0 Å². The Labute approximate surface area is 108 Å². The van der Waals surface area contributed by atoms with Gasteiger partial charge in [0.1, 0.15) is 5.82 Å². The summed E-state index contributed by atoms with van der Waals surface area (Å²) < 4.78 is 14.7. The molecule has 1 aromatic carbocycles. The van der Waals surface area contributed by atoms with E-state index < -0.39 is 5.82 Å². The van der Waals surface area contributed by atoms with Crippen molar-refractivity contribution in [1.29, 1.82) is 0 Å². The molecular weight excluding hydrogens is 264 g/mol. The van der Waals surface area contributed by atoms with E-state index in [1.165, 1.54) is 12.1 Å². The highest BCUT2D eigenvalue weighted by Gasteiger charge is 2.07. The van der Waals surface area contributed by atoms with E-state index >= 15 is 0 Å². The quantitative estimate of drug-likeness (QED) is 0.925. The van der Waals surface area contributed by atoms with Crippen LogP contribution in [0.25, 0.3) is 0 Å². The number of hydrogen-bond donors (Lipinski definition) is 1. The van der Waals surface area contributed by atoms with Crippen LogP contribution in [-0.2, 0) is 6.54 Å². The van der Waals surface area contributed by atoms with Crippen molar-refractivity contribution >= 4 is 28.9 Å². The van der Waals surface area contributed by atoms with Gasteiger partial charge in [-0.25, -0.2) is 4.39 Å². The summed E-state index contributed by atoms with van der Waals surface area (Å²) >= 11 is 11.8. The molecule has 0 unspecified atom stereocenters. The van der Waals surface area contributed by atoms with Crippen LogP contribution in [-0.4, -0.2) is 16.3 Å². The molecule has 0 amide bonds. The maximum Gasteiger partial charge on any atom is 0.126 e. The molecule has 1 aromatic heterocycles. The number of anilines is 1. The predicted molar refractivity (Wildman–Crippen MR) is 67.1 cm³/mol. The van der Waals surface area contributed by atoms with E-state index in [0.29, 0.717) is 18.8 Å². The van der Waals surface area contributed by atoms with Crippen LogP contribution < -0.4 is 5.32 Å². The molecule has 2 rings (SSSR count). The highest BCUT2D eigenvalue weighted by atomic mass is 35.5. The molecule has 1 heterocycles. The van der Waals surface area contributed by atoms with E-state index in [4.69, 9.17) is 23.2 Å². The zero-order chi connectivity index (χ0) is 12.3. The standard InChI is InChI=1S/C11H10Cl2FN3/c12-9-6-8(14)7-10(13)11(9)15-3-5-17-4-1-2-16-17/h1-2,4,6-7,15H,3,5H2. The highest BCUT2D eigenvalue weighted by molar-refractivity contribution is 6.39. The normalized spacial score (nSPS) is 10.5. The van der Waals surface area contributed by atoms with Crippen molar-refractivity contribution in [2.45, 2.75) is 6.54 Å². The van der Waals surface area contributed by atoms with Crippen molar-refractivity contribution in [2.75, 3.05) is 11.9 Å². The summed E-state index contributed by atoms with van der Waals surface area (Å²) in [6.07, 6.45) is 3.56. The van der Waals surface area contributed by atoms with Crippen LogP contribution in [0.15, 0.2) is 30.6 Å². The molecule has 17 heavy (non-hydrogen) atoms. The van der Waals surface area contributed by atoms with E-state index in [-0.39, 0.29) is 10.0 Å². The molecular formula is C11H10Cl2FN3. The van der Waals surface area contributed by atoms with Gasteiger partial charge in [0.25, 0.3) is 0 Å². The van der Waals surface area contributed by atoms with Crippen LogP contribution in [0.1, 0.15) is 0 Å². The fourth-order valence-electron chi connectivity index (χ4n) is 1.44. The number of nitrogens with one attached hydrogen (secondary N) is 1. The lowest BCUT2D eigenvalue weighted by molar-refractivity contribution is 0.627. The Bertz CT molecular complexity index is 476. The molecule has 0 aliphatic heterocycles. The Balaban J connectivity index is 1.99. The smallest absolute Gasteiger partial charge is 0.126 e. The first kappa shape index (κ1) is 12.2. The molecule has 0 saturated heterocycles. The van der Waals surface area contributed by atoms with Crippen molar-refractivity contribution in [2.24, 2.45) is 0 Å². The average Bonchev–Trinajstić information content (AvgIpc) is 2.74. The zero-order valence-electron chi connectivity index (χ0n) is 8.83. The molecule has 0 bridgehead atoms. The topological polar surface area (TPSA) is 29.9 Å². The first-order valence-corrected chi connectivity index (χ1v) is 5.78. The van der Waals surface area contributed by atoms with Crippen molar-refractivity contribution in [1.82, 2.24) is 9.78 Å². The molecule has 0 aliphatic rings. The summed E-state index contributed by atoms with van der Waals surface area (Å²) in [7, 11) is 0. The maximum atomic E-state index is 12.9. The lowest BCUT2D eigenvalue weighted by Gasteiger charge is -2.10. The average molecular weight is 274 g/mol. The van der Waals surface area contributed by atoms with Gasteiger partial charge in [-0.05, 0) is 18.2 Å². The van der Waals surface area contributed by atoms with Crippen molar-refractivity contribution in [3.05, 3.63) is 46.5 Å². The van der Waals surface area contributed by atoms with Gasteiger partial charge in [-0.15, -0.1) is 0 Å². The molecule has 2 aromatic rings. The molecule has 0 aliphatic carbocycles. The first-order valence-electron chi connectivity index (χ1n) is 5.02. The van der Waals surface area contributed by atoms with E-state index in [1.807, 2.05) is 12.3 Å². The molecule has 0 radical (unpaired) electrons. The van der Waals surface area contributed by atoms with E-state index in [1.54, 1.807) is 10.9 Å². The van der Waals surface area contributed by atoms with Crippen LogP contribution >= 0.6 is 23.2 Å². The number of rotatable bonds is 4. The number of aromatic nitrogens is 2. The van der Waals surface area contributed by atoms with Gasteiger partial charge >= 0.3 is 0 Å². The molecule has 0 spiro atoms. The van der Waals surface area contributed by atoms with Crippen LogP contribution in [0.3, 0.4) is 0 Å². The lowest BCUT2D eigenvalue weighted by atomic mass is 10.3. The van der Waals surface area contributed by atoms with Crippen LogP contribution in [0, 0.1) is 5.82 Å². The van der Waals surface area contributed by atoms with E-state index in [9.17, 15) is 4.39 Å². The van der Waals surface area contributed by atoms with E-state index in [0.717, 1.165) is 0 Å². The third-order valence-corrected chi connectivity index (χ3v) is 2.80. The maximum absolute atomic E-state index is 12.9. The number of nitrogens with zero attached hydrogens (tertiary/aromatic N) is 2. The fraction of sp³-hybridized carbons (Fsp3) is 0.182. The molecule has 1 N–H and O–H groups in total. The Morgan fingerprint density at radius 3 is 2.59 bits per heavy atom. The molecule has 0 saturated carbocycles. The summed E-state index contributed by atoms with van der Waals surface area (Å²) in [5.41, 5.74) is 0.543. The second-order valence-corrected chi connectivity index (χ2v) is 4.25. The Hall–Kier alpha value is -1.26. The largest absolute Gasteiger partial charge is 0.381 e. The zero-order valence-corrected chi connectivity index (χ0v) is 10.3. The number of halogens is 3. The summed E-state index contributed by atoms with van der Waals surface area (Å²) in [6, 6.07) is 4.30. The van der Waals surface area contributed by atoms with Gasteiger partial charge in [0.2, 0.25) is 0 Å². The van der Waals surface area contributed by atoms with Crippen LogP contribution in [0.5, 0.6) is 0 Å². The Morgan fingerprint density at radius 2 is 2.00 bits per heavy atom. The van der Waals surface area contributed by atoms with Gasteiger partial charge in [0, 0.05) is 18.9 Å². The highest BCUT2D eigenvalue weighted by Crippen LogP contribution is 2.31. The second-order valence-electron chi connectivity index (χ2n) is 3.44. The Morgan fingerprint density at radius 1 is 1.29 bits per heavy atom. The minimum atomic E-state index is -0.447. The van der Waals surface area contributed by atoms with Gasteiger partial charge in [-0.1, -0.05) is 23.2 Å². The van der Waals surface area contributed by atoms with Gasteiger partial charge < -0.3 is 5.32 Å². The van der Waals surface area contributed by atoms with Crippen LogP contribution in [0.4, 0.5) is 10.1 Å². The molecule has 0 atom stereocenters. The van der Waals surface area contributed by atoms with E-state index in [2.05, 4.69) is 10.4 Å². The molecule has 90 valence electrons. The molecule has 0 fully saturated rings. The minimum Gasteiger partial charge on any atom is -0.381 e. The summed E-state index contributed by atoms with van der Waals surface area (Å²) in [6.45, 7) is 1.28. The van der Waals surface area contributed by atoms with Crippen molar-refractivity contribution < 1.29 is 4.39 Å². The van der Waals surface area contributed by atoms with Gasteiger partial charge in [-0.3, -0.25) is 4.68 Å². The SMILES string of the molecule is Fc1cc(Cl)c(NCCn2cccn2)c(Cl)c1.